The van der Waals surface area contributed by atoms with Crippen LogP contribution in [0.4, 0.5) is 13.2 Å². The minimum atomic E-state index is -4.82. The molecule has 1 aromatic heterocycles. The molecule has 0 bridgehead atoms. The topological polar surface area (TPSA) is 82.4 Å². The van der Waals surface area contributed by atoms with Crippen LogP contribution in [0.2, 0.25) is 4.34 Å². The van der Waals surface area contributed by atoms with Gasteiger partial charge in [0.05, 0.1) is 12.5 Å². The Balaban J connectivity index is 1.62. The SMILES string of the molecule is CN1CC[C@@H](OC2=CC(NS(=O)(=O)c3cc(-c4ccccc4CC#N)c(Cl)s3)=CCC2(Cl)C(F)(F)F)C1. The summed E-state index contributed by atoms with van der Waals surface area (Å²) in [5, 5.41) is 9.10. The molecule has 2 atom stereocenters. The molecule has 2 aromatic rings. The van der Waals surface area contributed by atoms with Crippen LogP contribution in [0.25, 0.3) is 11.1 Å². The lowest BCUT2D eigenvalue weighted by molar-refractivity contribution is -0.163. The zero-order valence-corrected chi connectivity index (χ0v) is 22.6. The van der Waals surface area contributed by atoms with Crippen molar-refractivity contribution in [2.75, 3.05) is 20.1 Å². The maximum absolute atomic E-state index is 13.9. The number of hydrogen-bond donors (Lipinski definition) is 1. The normalized spacial score (nSPS) is 22.8. The fourth-order valence-electron chi connectivity index (χ4n) is 4.18. The first-order valence-corrected chi connectivity index (χ1v) is 14.2. The fraction of sp³-hybridized carbons (Fsp3) is 0.375. The molecule has 6 nitrogen and oxygen atoms in total. The van der Waals surface area contributed by atoms with Gasteiger partial charge in [-0.3, -0.25) is 4.72 Å². The molecule has 0 saturated carbocycles. The average molecular weight is 592 g/mol. The number of nitriles is 1. The lowest BCUT2D eigenvalue weighted by Gasteiger charge is -2.35. The number of thiophene rings is 1. The average Bonchev–Trinajstić information content (AvgIpc) is 3.41. The third-order valence-electron chi connectivity index (χ3n) is 6.13. The lowest BCUT2D eigenvalue weighted by Crippen LogP contribution is -2.45. The maximum Gasteiger partial charge on any atom is 0.415 e. The largest absolute Gasteiger partial charge is 0.491 e. The summed E-state index contributed by atoms with van der Waals surface area (Å²) in [5.41, 5.74) is 1.66. The fourth-order valence-corrected chi connectivity index (χ4v) is 7.17. The number of alkyl halides is 4. The molecule has 2 heterocycles. The first-order valence-electron chi connectivity index (χ1n) is 11.1. The number of allylic oxidation sites excluding steroid dienone is 3. The molecule has 37 heavy (non-hydrogen) atoms. The van der Waals surface area contributed by atoms with Crippen molar-refractivity contribution in [2.45, 2.75) is 40.6 Å². The van der Waals surface area contributed by atoms with Crippen molar-refractivity contribution < 1.29 is 26.3 Å². The van der Waals surface area contributed by atoms with Gasteiger partial charge in [-0.25, -0.2) is 8.42 Å². The van der Waals surface area contributed by atoms with E-state index in [1.165, 1.54) is 6.07 Å². The quantitative estimate of drug-likeness (QED) is 0.409. The molecular weight excluding hydrogens is 570 g/mol. The van der Waals surface area contributed by atoms with Gasteiger partial charge in [0, 0.05) is 36.8 Å². The molecule has 1 aliphatic heterocycles. The summed E-state index contributed by atoms with van der Waals surface area (Å²) in [6.07, 6.45) is -3.31. The molecule has 2 aliphatic rings. The highest BCUT2D eigenvalue weighted by Crippen LogP contribution is 2.48. The second kappa shape index (κ2) is 10.5. The van der Waals surface area contributed by atoms with Gasteiger partial charge in [-0.2, -0.15) is 18.4 Å². The van der Waals surface area contributed by atoms with Gasteiger partial charge in [0.25, 0.3) is 10.0 Å². The van der Waals surface area contributed by atoms with Gasteiger partial charge in [-0.05, 0) is 30.7 Å². The van der Waals surface area contributed by atoms with Crippen molar-refractivity contribution in [1.29, 1.82) is 5.26 Å². The Kier molecular flexibility index (Phi) is 7.89. The van der Waals surface area contributed by atoms with Crippen LogP contribution in [-0.4, -0.2) is 50.6 Å². The summed E-state index contributed by atoms with van der Waals surface area (Å²) in [6.45, 7) is 1.09. The number of rotatable bonds is 7. The Bertz CT molecular complexity index is 1400. The van der Waals surface area contributed by atoms with Crippen LogP contribution in [-0.2, 0) is 21.2 Å². The van der Waals surface area contributed by atoms with E-state index in [0.717, 1.165) is 23.5 Å². The molecule has 0 spiro atoms. The summed E-state index contributed by atoms with van der Waals surface area (Å²) in [6, 6.07) is 10.4. The molecule has 1 saturated heterocycles. The standard InChI is InChI=1S/C24H22Cl2F3N3O3S2/c1-32-11-8-17(14-32)35-20-12-16(6-9-23(20,26)24(27,28)29)31-37(33,34)21-13-19(22(25)36-21)18-5-3-2-4-15(18)7-10-30/h2-6,12-13,17,31H,7-9,11,14H2,1H3/t17-,23?/m1/s1. The van der Waals surface area contributed by atoms with Gasteiger partial charge in [0.15, 0.2) is 4.87 Å². The summed E-state index contributed by atoms with van der Waals surface area (Å²) < 4.78 is 76.1. The van der Waals surface area contributed by atoms with Crippen molar-refractivity contribution in [3.05, 3.63) is 63.8 Å². The van der Waals surface area contributed by atoms with Gasteiger partial charge < -0.3 is 9.64 Å². The first-order chi connectivity index (χ1) is 17.3. The Labute approximate surface area is 227 Å². The molecule has 198 valence electrons. The van der Waals surface area contributed by atoms with E-state index in [1.54, 1.807) is 24.3 Å². The molecule has 13 heteroatoms. The van der Waals surface area contributed by atoms with Gasteiger partial charge in [0.1, 0.15) is 20.4 Å². The van der Waals surface area contributed by atoms with Crippen molar-refractivity contribution in [3.8, 4) is 17.2 Å². The van der Waals surface area contributed by atoms with Crippen LogP contribution in [0.5, 0.6) is 0 Å². The highest BCUT2D eigenvalue weighted by molar-refractivity contribution is 7.91. The number of likely N-dealkylation sites (tertiary alicyclic amines) is 1. The molecular formula is C24H22Cl2F3N3O3S2. The number of benzene rings is 1. The number of hydrogen-bond acceptors (Lipinski definition) is 6. The number of sulfonamides is 1. The van der Waals surface area contributed by atoms with Crippen molar-refractivity contribution in [2.24, 2.45) is 0 Å². The second-order valence-electron chi connectivity index (χ2n) is 8.81. The molecule has 1 N–H and O–H groups in total. The number of ether oxygens (including phenoxy) is 1. The van der Waals surface area contributed by atoms with Gasteiger partial charge in [0.2, 0.25) is 0 Å². The molecule has 1 aliphatic carbocycles. The third-order valence-corrected chi connectivity index (χ3v) is 9.90. The van der Waals surface area contributed by atoms with Crippen LogP contribution in [0, 0.1) is 11.3 Å². The number of nitrogens with zero attached hydrogens (tertiary/aromatic N) is 2. The molecule has 4 rings (SSSR count). The van der Waals surface area contributed by atoms with E-state index in [2.05, 4.69) is 10.8 Å². The maximum atomic E-state index is 13.9. The summed E-state index contributed by atoms with van der Waals surface area (Å²) in [7, 11) is -2.38. The highest BCUT2D eigenvalue weighted by atomic mass is 35.5. The van der Waals surface area contributed by atoms with E-state index in [1.807, 2.05) is 11.9 Å². The van der Waals surface area contributed by atoms with Crippen LogP contribution >= 0.6 is 34.5 Å². The number of halogens is 5. The van der Waals surface area contributed by atoms with E-state index < -0.39 is 39.4 Å². The summed E-state index contributed by atoms with van der Waals surface area (Å²) >= 11 is 13.2. The summed E-state index contributed by atoms with van der Waals surface area (Å²) in [5.74, 6) is -0.544. The number of likely N-dealkylation sites (N-methyl/N-ethyl adjacent to an activating group) is 1. The van der Waals surface area contributed by atoms with Crippen molar-refractivity contribution in [1.82, 2.24) is 9.62 Å². The predicted molar refractivity (Wildman–Crippen MR) is 137 cm³/mol. The zero-order valence-electron chi connectivity index (χ0n) is 19.5. The van der Waals surface area contributed by atoms with E-state index in [0.29, 0.717) is 36.2 Å². The van der Waals surface area contributed by atoms with Crippen LogP contribution in [0.3, 0.4) is 0 Å². The Hall–Kier alpha value is -2.23. The highest BCUT2D eigenvalue weighted by Gasteiger charge is 2.58. The molecule has 1 aromatic carbocycles. The molecule has 0 radical (unpaired) electrons. The lowest BCUT2D eigenvalue weighted by atomic mass is 9.95. The van der Waals surface area contributed by atoms with Crippen LogP contribution < -0.4 is 4.72 Å². The van der Waals surface area contributed by atoms with E-state index in [9.17, 15) is 21.6 Å². The Morgan fingerprint density at radius 2 is 2.05 bits per heavy atom. The third kappa shape index (κ3) is 5.78. The van der Waals surface area contributed by atoms with E-state index in [4.69, 9.17) is 33.2 Å². The van der Waals surface area contributed by atoms with Crippen molar-refractivity contribution in [3.63, 3.8) is 0 Å². The minimum absolute atomic E-state index is 0.0853. The zero-order chi connectivity index (χ0) is 27.0. The van der Waals surface area contributed by atoms with E-state index in [-0.39, 0.29) is 20.7 Å². The van der Waals surface area contributed by atoms with E-state index >= 15 is 0 Å². The molecule has 0 amide bonds. The minimum Gasteiger partial charge on any atom is -0.491 e. The predicted octanol–water partition coefficient (Wildman–Crippen LogP) is 5.84. The Morgan fingerprint density at radius 1 is 1.32 bits per heavy atom. The van der Waals surface area contributed by atoms with Gasteiger partial charge in [-0.15, -0.1) is 22.9 Å². The summed E-state index contributed by atoms with van der Waals surface area (Å²) in [4.78, 5) is -0.878. The second-order valence-corrected chi connectivity index (χ2v) is 13.0. The first kappa shape index (κ1) is 27.8. The van der Waals surface area contributed by atoms with Gasteiger partial charge in [-0.1, -0.05) is 41.9 Å². The molecule has 1 unspecified atom stereocenters. The number of nitrogens with one attached hydrogen (secondary N) is 1. The monoisotopic (exact) mass is 591 g/mol. The molecule has 1 fully saturated rings. The van der Waals surface area contributed by atoms with Crippen LogP contribution in [0.15, 0.2) is 58.1 Å². The van der Waals surface area contributed by atoms with Crippen LogP contribution in [0.1, 0.15) is 18.4 Å². The Morgan fingerprint density at radius 3 is 2.70 bits per heavy atom. The van der Waals surface area contributed by atoms with Crippen molar-refractivity contribution >= 4 is 44.6 Å². The smallest absolute Gasteiger partial charge is 0.415 e. The van der Waals surface area contributed by atoms with Gasteiger partial charge >= 0.3 is 6.18 Å².